The minimum atomic E-state index is -3.79. The van der Waals surface area contributed by atoms with Crippen LogP contribution >= 0.6 is 0 Å². The lowest BCUT2D eigenvalue weighted by Crippen LogP contribution is -2.30. The Morgan fingerprint density at radius 2 is 1.91 bits per heavy atom. The number of methoxy groups -OCH3 is 1. The molecule has 0 unspecified atom stereocenters. The highest BCUT2D eigenvalue weighted by Gasteiger charge is 2.31. The van der Waals surface area contributed by atoms with Gasteiger partial charge in [-0.3, -0.25) is 4.72 Å². The third kappa shape index (κ3) is 5.05. The van der Waals surface area contributed by atoms with Crippen LogP contribution in [0.2, 0.25) is 0 Å². The number of hydrogen-bond acceptors (Lipinski definition) is 6. The molecule has 1 fully saturated rings. The van der Waals surface area contributed by atoms with Crippen LogP contribution in [0.3, 0.4) is 0 Å². The minimum Gasteiger partial charge on any atom is -0.479 e. The summed E-state index contributed by atoms with van der Waals surface area (Å²) in [5, 5.41) is 0. The Hall–Kier alpha value is -2.23. The first-order valence-electron chi connectivity index (χ1n) is 10.9. The molecule has 0 radical (unpaired) electrons. The maximum Gasteiger partial charge on any atom is 0.262 e. The van der Waals surface area contributed by atoms with Gasteiger partial charge in [0.25, 0.3) is 10.0 Å². The fourth-order valence-corrected chi connectivity index (χ4v) is 5.31. The molecule has 0 bridgehead atoms. The van der Waals surface area contributed by atoms with Gasteiger partial charge in [-0.15, -0.1) is 0 Å². The molecule has 0 atom stereocenters. The Bertz CT molecular complexity index is 1040. The van der Waals surface area contributed by atoms with Crippen LogP contribution in [0.4, 0.5) is 10.1 Å². The van der Waals surface area contributed by atoms with Gasteiger partial charge in [0.05, 0.1) is 24.7 Å². The first-order valence-corrected chi connectivity index (χ1v) is 12.4. The molecule has 1 aliphatic carbocycles. The Morgan fingerprint density at radius 3 is 2.59 bits per heavy atom. The molecule has 32 heavy (non-hydrogen) atoms. The number of benzene rings is 1. The third-order valence-corrected chi connectivity index (χ3v) is 7.66. The molecule has 174 valence electrons. The monoisotopic (exact) mass is 463 g/mol. The second-order valence-corrected chi connectivity index (χ2v) is 10.2. The van der Waals surface area contributed by atoms with Crippen molar-refractivity contribution < 1.29 is 22.3 Å². The van der Waals surface area contributed by atoms with Crippen molar-refractivity contribution >= 4 is 15.7 Å². The van der Waals surface area contributed by atoms with Gasteiger partial charge in [0, 0.05) is 25.2 Å². The number of ether oxygens (including phenoxy) is 2. The van der Waals surface area contributed by atoms with E-state index in [2.05, 4.69) is 21.7 Å². The van der Waals surface area contributed by atoms with E-state index >= 15 is 0 Å². The molecule has 1 aromatic carbocycles. The van der Waals surface area contributed by atoms with Crippen LogP contribution in [0, 0.1) is 0 Å². The van der Waals surface area contributed by atoms with Crippen LogP contribution in [0.5, 0.6) is 5.88 Å². The van der Waals surface area contributed by atoms with Crippen molar-refractivity contribution in [3.63, 3.8) is 0 Å². The largest absolute Gasteiger partial charge is 0.479 e. The number of nitrogens with one attached hydrogen (secondary N) is 1. The summed E-state index contributed by atoms with van der Waals surface area (Å²) in [6, 6.07) is 8.76. The first-order chi connectivity index (χ1) is 15.4. The number of pyridine rings is 1. The number of fused-ring (bicyclic) bond motifs is 1. The lowest BCUT2D eigenvalue weighted by Gasteiger charge is -2.35. The fourth-order valence-electron chi connectivity index (χ4n) is 4.26. The average molecular weight is 464 g/mol. The highest BCUT2D eigenvalue weighted by atomic mass is 32.2. The van der Waals surface area contributed by atoms with Gasteiger partial charge < -0.3 is 14.4 Å². The molecule has 0 amide bonds. The zero-order chi connectivity index (χ0) is 22.7. The van der Waals surface area contributed by atoms with Gasteiger partial charge in [-0.05, 0) is 61.6 Å². The van der Waals surface area contributed by atoms with Gasteiger partial charge in [-0.25, -0.2) is 17.8 Å². The summed E-state index contributed by atoms with van der Waals surface area (Å²) < 4.78 is 51.7. The molecule has 4 rings (SSSR count). The van der Waals surface area contributed by atoms with Gasteiger partial charge in [0.15, 0.2) is 0 Å². The van der Waals surface area contributed by atoms with Crippen molar-refractivity contribution in [3.8, 4) is 5.88 Å². The van der Waals surface area contributed by atoms with Crippen molar-refractivity contribution in [1.29, 1.82) is 0 Å². The predicted octanol–water partition coefficient (Wildman–Crippen LogP) is 3.15. The van der Waals surface area contributed by atoms with E-state index in [4.69, 9.17) is 9.47 Å². The number of sulfonamides is 1. The number of halogens is 1. The van der Waals surface area contributed by atoms with E-state index in [0.717, 1.165) is 55.6 Å². The topological polar surface area (TPSA) is 80.8 Å². The van der Waals surface area contributed by atoms with Crippen molar-refractivity contribution in [2.45, 2.75) is 42.6 Å². The molecule has 0 spiro atoms. The summed E-state index contributed by atoms with van der Waals surface area (Å²) in [6.45, 7) is 1.47. The molecule has 2 aliphatic rings. The molecule has 1 N–H and O–H groups in total. The molecule has 7 nitrogen and oxygen atoms in total. The van der Waals surface area contributed by atoms with Crippen LogP contribution in [-0.4, -0.2) is 64.9 Å². The summed E-state index contributed by atoms with van der Waals surface area (Å²) in [5.74, 6) is 0.596. The number of hydrogen-bond donors (Lipinski definition) is 1. The molecule has 9 heteroatoms. The zero-order valence-electron chi connectivity index (χ0n) is 18.5. The van der Waals surface area contributed by atoms with E-state index < -0.39 is 16.7 Å². The van der Waals surface area contributed by atoms with Gasteiger partial charge in [-0.2, -0.15) is 0 Å². The number of rotatable bonds is 8. The molecule has 2 aromatic rings. The van der Waals surface area contributed by atoms with Crippen molar-refractivity contribution in [2.75, 3.05) is 45.3 Å². The normalized spacial score (nSPS) is 21.3. The van der Waals surface area contributed by atoms with Gasteiger partial charge >= 0.3 is 0 Å². The average Bonchev–Trinajstić information content (AvgIpc) is 2.93. The summed E-state index contributed by atoms with van der Waals surface area (Å²) in [4.78, 5) is 6.99. The lowest BCUT2D eigenvalue weighted by atomic mass is 9.77. The van der Waals surface area contributed by atoms with Gasteiger partial charge in [-0.1, -0.05) is 12.1 Å². The molecule has 1 saturated carbocycles. The second-order valence-electron chi connectivity index (χ2n) is 8.48. The van der Waals surface area contributed by atoms with Crippen molar-refractivity contribution in [3.05, 3.63) is 47.2 Å². The molecule has 0 saturated heterocycles. The standard InChI is InChI=1S/C23H30FN3O4S/c1-27-10-7-17-15-22(23(30-2)25-21(17)8-11-27)26-32(28,29)20-5-3-16(4-6-20)18-13-19(14-18)31-12-9-24/h3-6,15,18-19,26H,7-14H2,1-2H3. The lowest BCUT2D eigenvalue weighted by molar-refractivity contribution is -0.0153. The summed E-state index contributed by atoms with van der Waals surface area (Å²) in [5.41, 5.74) is 3.41. The SMILES string of the molecule is COc1nc2c(cc1NS(=O)(=O)c1ccc(C3CC(OCCF)C3)cc1)CCN(C)CC2. The van der Waals surface area contributed by atoms with Crippen LogP contribution in [0.1, 0.15) is 35.6 Å². The summed E-state index contributed by atoms with van der Waals surface area (Å²) in [6.07, 6.45) is 3.37. The van der Waals surface area contributed by atoms with Crippen molar-refractivity contribution in [1.82, 2.24) is 9.88 Å². The van der Waals surface area contributed by atoms with Gasteiger partial charge in [0.2, 0.25) is 5.88 Å². The zero-order valence-corrected chi connectivity index (χ0v) is 19.3. The first kappa shape index (κ1) is 22.9. The van der Waals surface area contributed by atoms with E-state index in [-0.39, 0.29) is 23.5 Å². The predicted molar refractivity (Wildman–Crippen MR) is 121 cm³/mol. The smallest absolute Gasteiger partial charge is 0.262 e. The number of aromatic nitrogens is 1. The number of likely N-dealkylation sites (N-methyl/N-ethyl adjacent to an activating group) is 1. The summed E-state index contributed by atoms with van der Waals surface area (Å²) >= 11 is 0. The second kappa shape index (κ2) is 9.72. The Kier molecular flexibility index (Phi) is 6.97. The summed E-state index contributed by atoms with van der Waals surface area (Å²) in [7, 11) is -0.233. The highest BCUT2D eigenvalue weighted by molar-refractivity contribution is 7.92. The number of anilines is 1. The molecule has 1 aliphatic heterocycles. The highest BCUT2D eigenvalue weighted by Crippen LogP contribution is 2.39. The molecular weight excluding hydrogens is 433 g/mol. The van der Waals surface area contributed by atoms with Crippen LogP contribution in [0.25, 0.3) is 0 Å². The quantitative estimate of drug-likeness (QED) is 0.648. The van der Waals surface area contributed by atoms with Crippen LogP contribution < -0.4 is 9.46 Å². The van der Waals surface area contributed by atoms with E-state index in [0.29, 0.717) is 11.6 Å². The van der Waals surface area contributed by atoms with E-state index in [9.17, 15) is 12.8 Å². The van der Waals surface area contributed by atoms with Gasteiger partial charge in [0.1, 0.15) is 12.4 Å². The minimum absolute atomic E-state index is 0.0915. The fraction of sp³-hybridized carbons (Fsp3) is 0.522. The third-order valence-electron chi connectivity index (χ3n) is 6.27. The van der Waals surface area contributed by atoms with Crippen molar-refractivity contribution in [2.24, 2.45) is 0 Å². The molecule has 1 aromatic heterocycles. The Labute approximate surface area is 189 Å². The van der Waals surface area contributed by atoms with E-state index in [1.807, 2.05) is 18.2 Å². The van der Waals surface area contributed by atoms with Crippen LogP contribution in [-0.2, 0) is 27.6 Å². The number of nitrogens with zero attached hydrogens (tertiary/aromatic N) is 2. The maximum atomic E-state index is 13.0. The molecular formula is C23H30FN3O4S. The Balaban J connectivity index is 1.47. The van der Waals surface area contributed by atoms with E-state index in [1.165, 1.54) is 7.11 Å². The molecule has 2 heterocycles. The maximum absolute atomic E-state index is 13.0. The van der Waals surface area contributed by atoms with E-state index in [1.54, 1.807) is 12.1 Å². The number of alkyl halides is 1. The Morgan fingerprint density at radius 1 is 1.19 bits per heavy atom. The van der Waals surface area contributed by atoms with Crippen LogP contribution in [0.15, 0.2) is 35.2 Å².